The molecule has 0 saturated heterocycles. The molecule has 0 saturated carbocycles. The van der Waals surface area contributed by atoms with Crippen LogP contribution >= 0.6 is 0 Å². The van der Waals surface area contributed by atoms with Crippen molar-refractivity contribution < 1.29 is 0 Å². The first-order valence-corrected chi connectivity index (χ1v) is 11.7. The van der Waals surface area contributed by atoms with Gasteiger partial charge in [-0.15, -0.1) is 0 Å². The molecule has 3 atom stereocenters. The van der Waals surface area contributed by atoms with Crippen LogP contribution < -0.4 is 4.90 Å². The van der Waals surface area contributed by atoms with E-state index in [1.165, 1.54) is 28.2 Å². The molecular weight excluding hydrogens is 374 g/mol. The molecule has 1 nitrogen and oxygen atoms in total. The second kappa shape index (κ2) is 7.41. The van der Waals surface area contributed by atoms with Gasteiger partial charge in [0.1, 0.15) is 0 Å². The molecular formula is C30H33N. The highest BCUT2D eigenvalue weighted by molar-refractivity contribution is 5.69. The van der Waals surface area contributed by atoms with Crippen molar-refractivity contribution >= 4 is 5.69 Å². The Morgan fingerprint density at radius 1 is 1.13 bits per heavy atom. The Hall–Kier alpha value is -2.80. The van der Waals surface area contributed by atoms with Crippen molar-refractivity contribution in [1.29, 1.82) is 0 Å². The third-order valence-corrected chi connectivity index (χ3v) is 8.04. The minimum Gasteiger partial charge on any atom is -0.314 e. The maximum Gasteiger partial charge on any atom is 0.0458 e. The quantitative estimate of drug-likeness (QED) is 0.490. The molecule has 1 aromatic carbocycles. The van der Waals surface area contributed by atoms with Crippen LogP contribution in [0.15, 0.2) is 114 Å². The van der Waals surface area contributed by atoms with E-state index in [1.807, 2.05) is 0 Å². The van der Waals surface area contributed by atoms with Gasteiger partial charge in [-0.05, 0) is 79.5 Å². The van der Waals surface area contributed by atoms with E-state index in [0.717, 1.165) is 25.7 Å². The summed E-state index contributed by atoms with van der Waals surface area (Å²) >= 11 is 0. The SMILES string of the molecule is C=CC1=C(/C=C\C)CC2(C1)C1=C(C=CC(C)C1)N(c1ccccc1)C1=CC=CCC12C. The predicted octanol–water partition coefficient (Wildman–Crippen LogP) is 8.05. The summed E-state index contributed by atoms with van der Waals surface area (Å²) in [6.45, 7) is 11.2. The van der Waals surface area contributed by atoms with Gasteiger partial charge in [0.05, 0.1) is 0 Å². The summed E-state index contributed by atoms with van der Waals surface area (Å²) in [6.07, 6.45) is 22.8. The highest BCUT2D eigenvalue weighted by atomic mass is 15.2. The molecule has 3 aliphatic carbocycles. The maximum absolute atomic E-state index is 4.20. The molecule has 31 heavy (non-hydrogen) atoms. The molecule has 5 rings (SSSR count). The van der Waals surface area contributed by atoms with Crippen LogP contribution in [0.5, 0.6) is 0 Å². The molecule has 1 aliphatic heterocycles. The van der Waals surface area contributed by atoms with Gasteiger partial charge in [-0.3, -0.25) is 0 Å². The zero-order chi connectivity index (χ0) is 21.6. The van der Waals surface area contributed by atoms with Gasteiger partial charge in [-0.1, -0.05) is 75.1 Å². The predicted molar refractivity (Wildman–Crippen MR) is 133 cm³/mol. The van der Waals surface area contributed by atoms with Crippen LogP contribution in [0, 0.1) is 16.7 Å². The van der Waals surface area contributed by atoms with Gasteiger partial charge < -0.3 is 4.90 Å². The normalized spacial score (nSPS) is 32.0. The number of benzene rings is 1. The second-order valence-electron chi connectivity index (χ2n) is 9.78. The fraction of sp³-hybridized carbons (Fsp3) is 0.333. The van der Waals surface area contributed by atoms with Gasteiger partial charge in [-0.25, -0.2) is 0 Å². The Balaban J connectivity index is 1.78. The Morgan fingerprint density at radius 2 is 1.90 bits per heavy atom. The standard InChI is InChI=1S/C30H33N/c1-5-12-24-21-30(20-23(24)6-2)26-19-22(3)16-17-27(26)31(25-13-8-7-9-14-25)28-15-10-11-18-29(28,30)4/h5-17,22H,2,18-21H2,1,3-4H3/b12-5-. The molecule has 1 heterocycles. The molecule has 1 heteroatoms. The number of anilines is 1. The van der Waals surface area contributed by atoms with E-state index in [2.05, 4.69) is 111 Å². The smallest absolute Gasteiger partial charge is 0.0458 e. The lowest BCUT2D eigenvalue weighted by molar-refractivity contribution is 0.121. The van der Waals surface area contributed by atoms with Crippen LogP contribution in [0.3, 0.4) is 0 Å². The molecule has 1 aromatic rings. The summed E-state index contributed by atoms with van der Waals surface area (Å²) in [7, 11) is 0. The number of hydrogen-bond donors (Lipinski definition) is 0. The molecule has 0 amide bonds. The number of para-hydroxylation sites is 1. The fourth-order valence-electron chi connectivity index (χ4n) is 6.45. The first-order valence-electron chi connectivity index (χ1n) is 11.7. The molecule has 0 fully saturated rings. The largest absolute Gasteiger partial charge is 0.314 e. The fourth-order valence-corrected chi connectivity index (χ4v) is 6.45. The Morgan fingerprint density at radius 3 is 2.65 bits per heavy atom. The lowest BCUT2D eigenvalue weighted by Crippen LogP contribution is -2.52. The molecule has 4 aliphatic rings. The number of fused-ring (bicyclic) bond motifs is 3. The summed E-state index contributed by atoms with van der Waals surface area (Å²) in [5.74, 6) is 0.569. The van der Waals surface area contributed by atoms with Gasteiger partial charge in [-0.2, -0.15) is 0 Å². The molecule has 0 aromatic heterocycles. The summed E-state index contributed by atoms with van der Waals surface area (Å²) in [5.41, 5.74) is 8.77. The van der Waals surface area contributed by atoms with Crippen molar-refractivity contribution in [2.75, 3.05) is 4.90 Å². The minimum absolute atomic E-state index is 0.0406. The van der Waals surface area contributed by atoms with Crippen molar-refractivity contribution in [2.24, 2.45) is 16.7 Å². The first kappa shape index (κ1) is 20.1. The summed E-state index contributed by atoms with van der Waals surface area (Å²) in [5, 5.41) is 0. The van der Waals surface area contributed by atoms with E-state index >= 15 is 0 Å². The average Bonchev–Trinajstić information content (AvgIpc) is 3.16. The number of rotatable bonds is 3. The molecule has 0 radical (unpaired) electrons. The Labute approximate surface area is 187 Å². The van der Waals surface area contributed by atoms with Crippen LogP contribution in [-0.4, -0.2) is 0 Å². The lowest BCUT2D eigenvalue weighted by Gasteiger charge is -2.59. The average molecular weight is 408 g/mol. The van der Waals surface area contributed by atoms with E-state index in [0.29, 0.717) is 5.92 Å². The van der Waals surface area contributed by atoms with E-state index < -0.39 is 0 Å². The zero-order valence-electron chi connectivity index (χ0n) is 19.1. The van der Waals surface area contributed by atoms with Crippen molar-refractivity contribution in [3.05, 3.63) is 114 Å². The second-order valence-corrected chi connectivity index (χ2v) is 9.78. The van der Waals surface area contributed by atoms with Crippen LogP contribution in [0.4, 0.5) is 5.69 Å². The maximum atomic E-state index is 4.20. The lowest BCUT2D eigenvalue weighted by atomic mass is 9.51. The van der Waals surface area contributed by atoms with Crippen LogP contribution in [-0.2, 0) is 0 Å². The molecule has 0 bridgehead atoms. The molecule has 0 N–H and O–H groups in total. The van der Waals surface area contributed by atoms with E-state index in [9.17, 15) is 0 Å². The third-order valence-electron chi connectivity index (χ3n) is 8.04. The summed E-state index contributed by atoms with van der Waals surface area (Å²) in [6, 6.07) is 10.9. The topological polar surface area (TPSA) is 3.24 Å². The van der Waals surface area contributed by atoms with E-state index in [1.54, 1.807) is 5.57 Å². The van der Waals surface area contributed by atoms with Crippen molar-refractivity contribution in [1.82, 2.24) is 0 Å². The number of hydrogen-bond acceptors (Lipinski definition) is 1. The Bertz CT molecular complexity index is 1090. The van der Waals surface area contributed by atoms with Gasteiger partial charge in [0.2, 0.25) is 0 Å². The highest BCUT2D eigenvalue weighted by Gasteiger charge is 2.59. The van der Waals surface area contributed by atoms with Gasteiger partial charge in [0.25, 0.3) is 0 Å². The van der Waals surface area contributed by atoms with Gasteiger partial charge in [0.15, 0.2) is 0 Å². The third kappa shape index (κ3) is 2.82. The first-order chi connectivity index (χ1) is 15.0. The monoisotopic (exact) mass is 407 g/mol. The van der Waals surface area contributed by atoms with Crippen molar-refractivity contribution in [2.45, 2.75) is 46.5 Å². The summed E-state index contributed by atoms with van der Waals surface area (Å²) in [4.78, 5) is 2.55. The van der Waals surface area contributed by atoms with Crippen LogP contribution in [0.1, 0.15) is 46.5 Å². The highest BCUT2D eigenvalue weighted by Crippen LogP contribution is 2.68. The van der Waals surface area contributed by atoms with Crippen molar-refractivity contribution in [3.8, 4) is 0 Å². The van der Waals surface area contributed by atoms with Crippen LogP contribution in [0.25, 0.3) is 0 Å². The number of allylic oxidation sites excluding steroid dienone is 12. The summed E-state index contributed by atoms with van der Waals surface area (Å²) < 4.78 is 0. The van der Waals surface area contributed by atoms with Crippen LogP contribution in [0.2, 0.25) is 0 Å². The van der Waals surface area contributed by atoms with Gasteiger partial charge in [0, 0.05) is 27.9 Å². The van der Waals surface area contributed by atoms with E-state index in [4.69, 9.17) is 0 Å². The minimum atomic E-state index is 0.0406. The van der Waals surface area contributed by atoms with Crippen molar-refractivity contribution in [3.63, 3.8) is 0 Å². The molecule has 1 spiro atoms. The van der Waals surface area contributed by atoms with Gasteiger partial charge >= 0.3 is 0 Å². The molecule has 3 unspecified atom stereocenters. The molecule has 158 valence electrons. The zero-order valence-corrected chi connectivity index (χ0v) is 19.1. The number of nitrogens with zero attached hydrogens (tertiary/aromatic N) is 1. The van der Waals surface area contributed by atoms with E-state index in [-0.39, 0.29) is 10.8 Å². The Kier molecular flexibility index (Phi) is 4.81.